The Morgan fingerprint density at radius 2 is 1.88 bits per heavy atom. The molecule has 0 saturated carbocycles. The zero-order chi connectivity index (χ0) is 23.5. The number of carbonyl (C=O) groups is 1. The maximum atomic E-state index is 12.3. The topological polar surface area (TPSA) is 60.9 Å². The molecule has 0 saturated heterocycles. The van der Waals surface area contributed by atoms with Gasteiger partial charge in [0.1, 0.15) is 18.2 Å². The first-order chi connectivity index (χ1) is 16.2. The van der Waals surface area contributed by atoms with Gasteiger partial charge in [-0.05, 0) is 55.5 Å². The fourth-order valence-electron chi connectivity index (χ4n) is 3.92. The number of benzene rings is 1. The molecule has 1 aromatic heterocycles. The Balaban J connectivity index is 1.78. The van der Waals surface area contributed by atoms with Crippen molar-refractivity contribution in [1.29, 1.82) is 0 Å². The number of aromatic nitrogens is 1. The molecule has 6 heteroatoms. The average Bonchev–Trinajstić information content (AvgIpc) is 2.83. The second kappa shape index (κ2) is 13.0. The van der Waals surface area contributed by atoms with E-state index in [1.54, 1.807) is 0 Å². The molecule has 3 rings (SSSR count). The van der Waals surface area contributed by atoms with Crippen LogP contribution in [0.4, 0.5) is 5.82 Å². The van der Waals surface area contributed by atoms with Gasteiger partial charge in [-0.15, -0.1) is 0 Å². The number of pyridine rings is 1. The van der Waals surface area contributed by atoms with Crippen LogP contribution in [-0.2, 0) is 14.3 Å². The van der Waals surface area contributed by atoms with Gasteiger partial charge in [-0.1, -0.05) is 32.4 Å². The molecule has 6 nitrogen and oxygen atoms in total. The van der Waals surface area contributed by atoms with Gasteiger partial charge in [0.2, 0.25) is 0 Å². The van der Waals surface area contributed by atoms with Crippen LogP contribution in [0.5, 0.6) is 5.75 Å². The van der Waals surface area contributed by atoms with E-state index in [0.717, 1.165) is 73.6 Å². The number of fused-ring (bicyclic) bond motifs is 1. The van der Waals surface area contributed by atoms with E-state index in [2.05, 4.69) is 24.8 Å². The molecule has 1 aliphatic heterocycles. The molecule has 33 heavy (non-hydrogen) atoms. The summed E-state index contributed by atoms with van der Waals surface area (Å²) in [5, 5.41) is 0. The SMILES string of the molecule is CCCCOCCOc1ccc(-c2cnc3c(c2)C=C(C(=O)OC)CCCN3CCC)cc1. The quantitative estimate of drug-likeness (QED) is 0.331. The van der Waals surface area contributed by atoms with Gasteiger partial charge in [0, 0.05) is 42.6 Å². The lowest BCUT2D eigenvalue weighted by Gasteiger charge is -2.27. The molecular weight excluding hydrogens is 416 g/mol. The molecule has 1 aliphatic rings. The lowest BCUT2D eigenvalue weighted by molar-refractivity contribution is -0.136. The number of hydrogen-bond acceptors (Lipinski definition) is 6. The minimum Gasteiger partial charge on any atom is -0.491 e. The molecular formula is C27H36N2O4. The van der Waals surface area contributed by atoms with Crippen molar-refractivity contribution in [3.63, 3.8) is 0 Å². The number of esters is 1. The van der Waals surface area contributed by atoms with Crippen molar-refractivity contribution in [3.8, 4) is 16.9 Å². The van der Waals surface area contributed by atoms with Crippen LogP contribution < -0.4 is 9.64 Å². The summed E-state index contributed by atoms with van der Waals surface area (Å²) in [6.07, 6.45) is 8.70. The van der Waals surface area contributed by atoms with Gasteiger partial charge in [0.15, 0.2) is 0 Å². The van der Waals surface area contributed by atoms with Gasteiger partial charge >= 0.3 is 5.97 Å². The number of anilines is 1. The van der Waals surface area contributed by atoms with E-state index >= 15 is 0 Å². The van der Waals surface area contributed by atoms with Crippen molar-refractivity contribution in [2.45, 2.75) is 46.0 Å². The van der Waals surface area contributed by atoms with Crippen molar-refractivity contribution < 1.29 is 19.0 Å². The van der Waals surface area contributed by atoms with Gasteiger partial charge in [-0.2, -0.15) is 0 Å². The van der Waals surface area contributed by atoms with Gasteiger partial charge < -0.3 is 19.1 Å². The van der Waals surface area contributed by atoms with E-state index < -0.39 is 0 Å². The lowest BCUT2D eigenvalue weighted by Crippen LogP contribution is -2.28. The van der Waals surface area contributed by atoms with Crippen molar-refractivity contribution in [1.82, 2.24) is 4.98 Å². The van der Waals surface area contributed by atoms with Gasteiger partial charge in [0.25, 0.3) is 0 Å². The van der Waals surface area contributed by atoms with Crippen LogP contribution in [0.25, 0.3) is 17.2 Å². The second-order valence-electron chi connectivity index (χ2n) is 8.23. The van der Waals surface area contributed by atoms with E-state index in [9.17, 15) is 4.79 Å². The number of hydrogen-bond donors (Lipinski definition) is 0. The fraction of sp³-hybridized carbons (Fsp3) is 0.481. The molecule has 2 heterocycles. The standard InChI is InChI=1S/C27H36N2O4/c1-4-6-15-32-16-17-33-25-11-9-21(10-12-25)24-19-23-18-22(27(30)31-3)8-7-14-29(13-5-2)26(23)28-20-24/h9-12,18-20H,4-8,13-17H2,1-3H3. The first-order valence-electron chi connectivity index (χ1n) is 12.0. The average molecular weight is 453 g/mol. The van der Waals surface area contributed by atoms with E-state index in [0.29, 0.717) is 25.2 Å². The monoisotopic (exact) mass is 452 g/mol. The smallest absolute Gasteiger partial charge is 0.333 e. The highest BCUT2D eigenvalue weighted by atomic mass is 16.5. The van der Waals surface area contributed by atoms with E-state index in [4.69, 9.17) is 19.2 Å². The van der Waals surface area contributed by atoms with E-state index in [-0.39, 0.29) is 5.97 Å². The Bertz CT molecular complexity index is 924. The molecule has 0 bridgehead atoms. The Morgan fingerprint density at radius 1 is 1.06 bits per heavy atom. The first-order valence-corrected chi connectivity index (χ1v) is 12.0. The van der Waals surface area contributed by atoms with Gasteiger partial charge in [-0.3, -0.25) is 0 Å². The predicted molar refractivity (Wildman–Crippen MR) is 133 cm³/mol. The highest BCUT2D eigenvalue weighted by Gasteiger charge is 2.19. The van der Waals surface area contributed by atoms with E-state index in [1.165, 1.54) is 7.11 Å². The molecule has 2 aromatic rings. The maximum Gasteiger partial charge on any atom is 0.333 e. The Labute approximate surface area is 197 Å². The summed E-state index contributed by atoms with van der Waals surface area (Å²) in [5.74, 6) is 1.47. The highest BCUT2D eigenvalue weighted by Crippen LogP contribution is 2.31. The molecule has 0 radical (unpaired) electrons. The van der Waals surface area contributed by atoms with E-state index in [1.807, 2.05) is 36.5 Å². The molecule has 0 aliphatic carbocycles. The van der Waals surface area contributed by atoms with Crippen LogP contribution in [0.2, 0.25) is 0 Å². The van der Waals surface area contributed by atoms with Gasteiger partial charge in [-0.25, -0.2) is 9.78 Å². The van der Waals surface area contributed by atoms with Gasteiger partial charge in [0.05, 0.1) is 13.7 Å². The fourth-order valence-corrected chi connectivity index (χ4v) is 3.92. The van der Waals surface area contributed by atoms with Crippen molar-refractivity contribution in [2.75, 3.05) is 44.9 Å². The first kappa shape index (κ1) is 24.8. The highest BCUT2D eigenvalue weighted by molar-refractivity contribution is 5.95. The summed E-state index contributed by atoms with van der Waals surface area (Å²) in [6, 6.07) is 10.1. The summed E-state index contributed by atoms with van der Waals surface area (Å²) in [4.78, 5) is 19.4. The number of methoxy groups -OCH3 is 1. The van der Waals surface area contributed by atoms with Crippen molar-refractivity contribution >= 4 is 17.9 Å². The number of ether oxygens (including phenoxy) is 3. The van der Waals surface area contributed by atoms with Crippen LogP contribution in [0.3, 0.4) is 0 Å². The molecule has 0 unspecified atom stereocenters. The predicted octanol–water partition coefficient (Wildman–Crippen LogP) is 5.51. The number of unbranched alkanes of at least 4 members (excludes halogenated alkanes) is 1. The third kappa shape index (κ3) is 7.06. The lowest BCUT2D eigenvalue weighted by atomic mass is 10.00. The summed E-state index contributed by atoms with van der Waals surface area (Å²) >= 11 is 0. The second-order valence-corrected chi connectivity index (χ2v) is 8.23. The van der Waals surface area contributed by atoms with Crippen LogP contribution in [-0.4, -0.2) is 51.0 Å². The Kier molecular flexibility index (Phi) is 9.76. The van der Waals surface area contributed by atoms with Crippen molar-refractivity contribution in [3.05, 3.63) is 47.7 Å². The Morgan fingerprint density at radius 3 is 2.61 bits per heavy atom. The minimum atomic E-state index is -0.268. The number of carbonyl (C=O) groups excluding carboxylic acids is 1. The summed E-state index contributed by atoms with van der Waals surface area (Å²) in [5.41, 5.74) is 3.69. The number of rotatable bonds is 11. The zero-order valence-corrected chi connectivity index (χ0v) is 20.1. The van der Waals surface area contributed by atoms with Crippen LogP contribution in [0.15, 0.2) is 42.1 Å². The van der Waals surface area contributed by atoms with Crippen molar-refractivity contribution in [2.24, 2.45) is 0 Å². The molecule has 0 atom stereocenters. The summed E-state index contributed by atoms with van der Waals surface area (Å²) in [7, 11) is 1.43. The third-order valence-corrected chi connectivity index (χ3v) is 5.67. The molecule has 178 valence electrons. The van der Waals surface area contributed by atoms with Crippen LogP contribution in [0.1, 0.15) is 51.5 Å². The molecule has 0 N–H and O–H groups in total. The molecule has 0 spiro atoms. The maximum absolute atomic E-state index is 12.3. The summed E-state index contributed by atoms with van der Waals surface area (Å²) < 4.78 is 16.3. The summed E-state index contributed by atoms with van der Waals surface area (Å²) in [6.45, 7) is 8.05. The molecule has 1 aromatic carbocycles. The molecule has 0 fully saturated rings. The zero-order valence-electron chi connectivity index (χ0n) is 20.1. The van der Waals surface area contributed by atoms with Crippen LogP contribution in [0, 0.1) is 0 Å². The Hall–Kier alpha value is -2.86. The third-order valence-electron chi connectivity index (χ3n) is 5.67. The normalized spacial score (nSPS) is 13.5. The number of nitrogens with zero attached hydrogens (tertiary/aromatic N) is 2. The largest absolute Gasteiger partial charge is 0.491 e. The minimum absolute atomic E-state index is 0.268. The van der Waals surface area contributed by atoms with Crippen LogP contribution >= 0.6 is 0 Å². The molecule has 0 amide bonds.